The van der Waals surface area contributed by atoms with E-state index in [1.54, 1.807) is 0 Å². The molecule has 0 amide bonds. The maximum Gasteiger partial charge on any atom is 0.235 e. The first-order valence-electron chi connectivity index (χ1n) is 19.1. The van der Waals surface area contributed by atoms with Gasteiger partial charge in [-0.3, -0.25) is 4.57 Å². The van der Waals surface area contributed by atoms with E-state index in [9.17, 15) is 0 Å². The van der Waals surface area contributed by atoms with Crippen LogP contribution >= 0.6 is 0 Å². The highest BCUT2D eigenvalue weighted by Gasteiger charge is 2.25. The summed E-state index contributed by atoms with van der Waals surface area (Å²) in [6.07, 6.45) is 0. The van der Waals surface area contributed by atoms with Crippen LogP contribution in [0.4, 0.5) is 0 Å². The van der Waals surface area contributed by atoms with Gasteiger partial charge < -0.3 is 4.57 Å². The van der Waals surface area contributed by atoms with Crippen LogP contribution in [0.25, 0.3) is 110 Å². The minimum atomic E-state index is 0.652. The first-order valence-corrected chi connectivity index (χ1v) is 19.1. The van der Waals surface area contributed by atoms with E-state index in [4.69, 9.17) is 9.97 Å². The van der Waals surface area contributed by atoms with Crippen molar-refractivity contribution in [2.75, 3.05) is 0 Å². The zero-order valence-corrected chi connectivity index (χ0v) is 30.3. The van der Waals surface area contributed by atoms with Gasteiger partial charge in [0.05, 0.1) is 33.3 Å². The van der Waals surface area contributed by atoms with Gasteiger partial charge in [0.25, 0.3) is 0 Å². The van der Waals surface area contributed by atoms with E-state index in [2.05, 4.69) is 203 Å². The third kappa shape index (κ3) is 4.41. The van der Waals surface area contributed by atoms with Crippen LogP contribution in [0.15, 0.2) is 194 Å². The number of para-hydroxylation sites is 4. The zero-order chi connectivity index (χ0) is 36.7. The lowest BCUT2D eigenvalue weighted by Gasteiger charge is -2.14. The van der Waals surface area contributed by atoms with Crippen molar-refractivity contribution in [2.45, 2.75) is 0 Å². The standard InChI is InChI=1S/C52H32N4/c1-2-17-36(18-3-1)55-45-27-12-9-23-42(45)47-48-43-24-10-13-28-46(43)56(51(48)40-21-7-6-20-39(40)50(47)55)52-53-44-26-11-8-22-41(44)49(54-52)35-31-29-34(30-32-35)38-25-14-16-33-15-4-5-19-37(33)38/h1-32H. The third-order valence-corrected chi connectivity index (χ3v) is 11.5. The van der Waals surface area contributed by atoms with Gasteiger partial charge in [-0.15, -0.1) is 0 Å². The van der Waals surface area contributed by atoms with E-state index < -0.39 is 0 Å². The highest BCUT2D eigenvalue weighted by atomic mass is 15.2. The second-order valence-electron chi connectivity index (χ2n) is 14.5. The molecule has 0 spiro atoms. The van der Waals surface area contributed by atoms with Gasteiger partial charge in [-0.2, -0.15) is 0 Å². The molecule has 0 atom stereocenters. The first kappa shape index (κ1) is 30.9. The molecular weight excluding hydrogens is 681 g/mol. The van der Waals surface area contributed by atoms with Crippen molar-refractivity contribution in [3.05, 3.63) is 194 Å². The van der Waals surface area contributed by atoms with Crippen LogP contribution in [0.3, 0.4) is 0 Å². The summed E-state index contributed by atoms with van der Waals surface area (Å²) >= 11 is 0. The Morgan fingerprint density at radius 3 is 1.57 bits per heavy atom. The Bertz CT molecular complexity index is 3510. The highest BCUT2D eigenvalue weighted by molar-refractivity contribution is 6.37. The smallest absolute Gasteiger partial charge is 0.235 e. The number of benzene rings is 9. The first-order chi connectivity index (χ1) is 27.8. The Hall–Kier alpha value is -7.56. The highest BCUT2D eigenvalue weighted by Crippen LogP contribution is 2.47. The van der Waals surface area contributed by atoms with Crippen molar-refractivity contribution < 1.29 is 0 Å². The Morgan fingerprint density at radius 2 is 0.857 bits per heavy atom. The Morgan fingerprint density at radius 1 is 0.339 bits per heavy atom. The fraction of sp³-hybridized carbons (Fsp3) is 0. The molecule has 0 aliphatic heterocycles. The molecule has 4 nitrogen and oxygen atoms in total. The fourth-order valence-corrected chi connectivity index (χ4v) is 9.11. The van der Waals surface area contributed by atoms with Crippen molar-refractivity contribution in [3.8, 4) is 34.0 Å². The maximum absolute atomic E-state index is 5.51. The molecule has 0 saturated carbocycles. The molecule has 0 bridgehead atoms. The number of hydrogen-bond donors (Lipinski definition) is 0. The molecule has 0 aliphatic carbocycles. The summed E-state index contributed by atoms with van der Waals surface area (Å²) in [6, 6.07) is 69.4. The molecule has 0 N–H and O–H groups in total. The zero-order valence-electron chi connectivity index (χ0n) is 30.3. The molecule has 3 heterocycles. The quantitative estimate of drug-likeness (QED) is 0.182. The van der Waals surface area contributed by atoms with Crippen LogP contribution in [0.2, 0.25) is 0 Å². The topological polar surface area (TPSA) is 35.6 Å². The van der Waals surface area contributed by atoms with Crippen LogP contribution in [0.1, 0.15) is 0 Å². The average molecular weight is 713 g/mol. The van der Waals surface area contributed by atoms with Crippen molar-refractivity contribution in [1.29, 1.82) is 0 Å². The molecular formula is C52H32N4. The number of rotatable bonds is 4. The van der Waals surface area contributed by atoms with Crippen LogP contribution in [-0.2, 0) is 0 Å². The van der Waals surface area contributed by atoms with E-state index in [1.807, 2.05) is 0 Å². The molecule has 0 unspecified atom stereocenters. The molecule has 0 radical (unpaired) electrons. The Labute approximate surface area is 322 Å². The molecule has 9 aromatic carbocycles. The summed E-state index contributed by atoms with van der Waals surface area (Å²) in [5.41, 5.74) is 11.0. The van der Waals surface area contributed by atoms with Crippen LogP contribution in [0.5, 0.6) is 0 Å². The number of nitrogens with zero attached hydrogens (tertiary/aromatic N) is 4. The van der Waals surface area contributed by atoms with Gasteiger partial charge in [0, 0.05) is 49.0 Å². The Balaban J connectivity index is 1.17. The van der Waals surface area contributed by atoms with E-state index in [0.717, 1.165) is 44.3 Å². The SMILES string of the molecule is c1ccc(-n2c3ccccc3c3c4c5ccccc5n(-c5nc(-c6ccc(-c7cccc8ccccc78)cc6)c6ccccc6n5)c4c4ccccc4c32)cc1. The summed E-state index contributed by atoms with van der Waals surface area (Å²) in [6.45, 7) is 0. The number of hydrogen-bond acceptors (Lipinski definition) is 2. The van der Waals surface area contributed by atoms with Gasteiger partial charge in [-0.25, -0.2) is 9.97 Å². The summed E-state index contributed by atoms with van der Waals surface area (Å²) in [7, 11) is 0. The van der Waals surface area contributed by atoms with Gasteiger partial charge in [0.15, 0.2) is 0 Å². The fourth-order valence-electron chi connectivity index (χ4n) is 9.11. The molecule has 12 aromatic rings. The monoisotopic (exact) mass is 712 g/mol. The maximum atomic E-state index is 5.51. The average Bonchev–Trinajstić information content (AvgIpc) is 3.80. The Kier molecular flexibility index (Phi) is 6.60. The lowest BCUT2D eigenvalue weighted by atomic mass is 9.96. The lowest BCUT2D eigenvalue weighted by molar-refractivity contribution is 1.02. The second kappa shape index (κ2) is 12.0. The molecule has 0 aliphatic rings. The molecule has 0 fully saturated rings. The van der Waals surface area contributed by atoms with E-state index in [1.165, 1.54) is 59.9 Å². The van der Waals surface area contributed by atoms with Gasteiger partial charge in [0.2, 0.25) is 5.95 Å². The summed E-state index contributed by atoms with van der Waals surface area (Å²) in [5.74, 6) is 0.652. The van der Waals surface area contributed by atoms with Gasteiger partial charge in [-0.05, 0) is 52.2 Å². The summed E-state index contributed by atoms with van der Waals surface area (Å²) in [5, 5.41) is 10.7. The van der Waals surface area contributed by atoms with E-state index >= 15 is 0 Å². The van der Waals surface area contributed by atoms with Crippen LogP contribution in [0, 0.1) is 0 Å². The van der Waals surface area contributed by atoms with E-state index in [0.29, 0.717) is 5.95 Å². The normalized spacial score (nSPS) is 11.9. The molecule has 0 saturated heterocycles. The number of fused-ring (bicyclic) bond motifs is 12. The van der Waals surface area contributed by atoms with Crippen LogP contribution in [-0.4, -0.2) is 19.1 Å². The van der Waals surface area contributed by atoms with Crippen molar-refractivity contribution in [1.82, 2.24) is 19.1 Å². The summed E-state index contributed by atoms with van der Waals surface area (Å²) < 4.78 is 4.74. The molecule has 12 rings (SSSR count). The molecule has 260 valence electrons. The van der Waals surface area contributed by atoms with Gasteiger partial charge in [0.1, 0.15) is 0 Å². The van der Waals surface area contributed by atoms with Crippen molar-refractivity contribution in [3.63, 3.8) is 0 Å². The third-order valence-electron chi connectivity index (χ3n) is 11.5. The minimum absolute atomic E-state index is 0.652. The second-order valence-corrected chi connectivity index (χ2v) is 14.5. The molecule has 56 heavy (non-hydrogen) atoms. The van der Waals surface area contributed by atoms with E-state index in [-0.39, 0.29) is 0 Å². The minimum Gasteiger partial charge on any atom is -0.309 e. The lowest BCUT2D eigenvalue weighted by Crippen LogP contribution is -2.04. The van der Waals surface area contributed by atoms with Crippen LogP contribution < -0.4 is 0 Å². The predicted octanol–water partition coefficient (Wildman–Crippen LogP) is 13.5. The van der Waals surface area contributed by atoms with Gasteiger partial charge >= 0.3 is 0 Å². The van der Waals surface area contributed by atoms with Crippen molar-refractivity contribution >= 4 is 76.1 Å². The number of aromatic nitrogens is 4. The van der Waals surface area contributed by atoms with Gasteiger partial charge in [-0.1, -0.05) is 164 Å². The summed E-state index contributed by atoms with van der Waals surface area (Å²) in [4.78, 5) is 10.9. The molecule has 4 heteroatoms. The van der Waals surface area contributed by atoms with Crippen molar-refractivity contribution in [2.24, 2.45) is 0 Å². The largest absolute Gasteiger partial charge is 0.309 e. The molecule has 3 aromatic heterocycles. The predicted molar refractivity (Wildman–Crippen MR) is 234 cm³/mol.